The lowest BCUT2D eigenvalue weighted by atomic mass is 10.1. The second kappa shape index (κ2) is 8.80. The summed E-state index contributed by atoms with van der Waals surface area (Å²) in [6.07, 6.45) is 3.47. The normalized spacial score (nSPS) is 11.2. The molecule has 1 heterocycles. The zero-order valence-electron chi connectivity index (χ0n) is 16.3. The van der Waals surface area contributed by atoms with E-state index in [2.05, 4.69) is 15.6 Å². The van der Waals surface area contributed by atoms with E-state index in [4.69, 9.17) is 14.7 Å². The van der Waals surface area contributed by atoms with Crippen LogP contribution in [0, 0.1) is 11.3 Å². The van der Waals surface area contributed by atoms with Crippen LogP contribution in [-0.4, -0.2) is 29.8 Å². The average Bonchev–Trinajstić information content (AvgIpc) is 3.17. The number of anilines is 1. The van der Waals surface area contributed by atoms with Gasteiger partial charge in [0, 0.05) is 31.2 Å². The third-order valence-corrected chi connectivity index (χ3v) is 4.37. The lowest BCUT2D eigenvalue weighted by molar-refractivity contribution is 0.249. The van der Waals surface area contributed by atoms with Gasteiger partial charge in [-0.2, -0.15) is 5.26 Å². The molecule has 2 N–H and O–H groups in total. The van der Waals surface area contributed by atoms with Gasteiger partial charge >= 0.3 is 6.03 Å². The number of carbonyl (C=O) groups excluding carboxylic acids is 1. The summed E-state index contributed by atoms with van der Waals surface area (Å²) >= 11 is 0. The van der Waals surface area contributed by atoms with Crippen LogP contribution in [0.5, 0.6) is 11.5 Å². The van der Waals surface area contributed by atoms with Crippen molar-refractivity contribution in [2.75, 3.05) is 19.5 Å². The lowest BCUT2D eigenvalue weighted by Gasteiger charge is -2.21. The molecule has 1 atom stereocenters. The third-order valence-electron chi connectivity index (χ3n) is 4.37. The molecule has 0 bridgehead atoms. The summed E-state index contributed by atoms with van der Waals surface area (Å²) in [4.78, 5) is 17.1. The number of nitriles is 1. The lowest BCUT2D eigenvalue weighted by Crippen LogP contribution is -2.34. The number of hydrogen-bond acceptors (Lipinski definition) is 5. The number of aryl methyl sites for hydroxylation is 1. The van der Waals surface area contributed by atoms with Gasteiger partial charge in [0.15, 0.2) is 0 Å². The number of hydrogen-bond donors (Lipinski definition) is 2. The molecule has 8 nitrogen and oxygen atoms in total. The molecular formula is C21H21N5O3. The number of nitrogens with zero attached hydrogens (tertiary/aromatic N) is 3. The van der Waals surface area contributed by atoms with Crippen molar-refractivity contribution >= 4 is 11.7 Å². The van der Waals surface area contributed by atoms with Crippen molar-refractivity contribution < 1.29 is 14.3 Å². The van der Waals surface area contributed by atoms with E-state index in [1.54, 1.807) is 56.9 Å². The predicted octanol–water partition coefficient (Wildman–Crippen LogP) is 3.22. The molecule has 0 radical (unpaired) electrons. The number of carbonyl (C=O) groups is 1. The Morgan fingerprint density at radius 2 is 1.79 bits per heavy atom. The van der Waals surface area contributed by atoms with Crippen LogP contribution in [0.4, 0.5) is 10.5 Å². The molecule has 0 aliphatic carbocycles. The molecule has 1 unspecified atom stereocenters. The van der Waals surface area contributed by atoms with Crippen LogP contribution in [-0.2, 0) is 7.05 Å². The highest BCUT2D eigenvalue weighted by Gasteiger charge is 2.22. The van der Waals surface area contributed by atoms with Gasteiger partial charge < -0.3 is 24.7 Å². The minimum atomic E-state index is -0.544. The van der Waals surface area contributed by atoms with Crippen molar-refractivity contribution in [1.82, 2.24) is 14.9 Å². The summed E-state index contributed by atoms with van der Waals surface area (Å²) in [5.74, 6) is 1.86. The predicted molar refractivity (Wildman–Crippen MR) is 108 cm³/mol. The fourth-order valence-electron chi connectivity index (χ4n) is 2.87. The topological polar surface area (TPSA) is 101 Å². The molecule has 0 aliphatic heterocycles. The van der Waals surface area contributed by atoms with E-state index in [9.17, 15) is 4.79 Å². The van der Waals surface area contributed by atoms with E-state index < -0.39 is 12.1 Å². The minimum absolute atomic E-state index is 0.413. The van der Waals surface area contributed by atoms with E-state index in [1.165, 1.54) is 0 Å². The van der Waals surface area contributed by atoms with Crippen molar-refractivity contribution in [1.29, 1.82) is 5.26 Å². The van der Waals surface area contributed by atoms with Gasteiger partial charge in [0.1, 0.15) is 23.4 Å². The van der Waals surface area contributed by atoms with Crippen LogP contribution in [0.15, 0.2) is 54.9 Å². The van der Waals surface area contributed by atoms with Crippen molar-refractivity contribution in [2.45, 2.75) is 6.04 Å². The Morgan fingerprint density at radius 3 is 2.31 bits per heavy atom. The first-order valence-corrected chi connectivity index (χ1v) is 8.82. The highest BCUT2D eigenvalue weighted by molar-refractivity contribution is 5.89. The molecule has 148 valence electrons. The molecule has 0 aliphatic rings. The van der Waals surface area contributed by atoms with Crippen LogP contribution in [0.2, 0.25) is 0 Å². The molecule has 0 spiro atoms. The Labute approximate surface area is 168 Å². The Bertz CT molecular complexity index is 1010. The average molecular weight is 391 g/mol. The molecule has 0 fully saturated rings. The van der Waals surface area contributed by atoms with E-state index in [0.717, 1.165) is 5.56 Å². The summed E-state index contributed by atoms with van der Waals surface area (Å²) in [5.41, 5.74) is 1.85. The van der Waals surface area contributed by atoms with Gasteiger partial charge in [0.25, 0.3) is 0 Å². The number of urea groups is 1. The summed E-state index contributed by atoms with van der Waals surface area (Å²) in [5, 5.41) is 14.6. The van der Waals surface area contributed by atoms with Crippen molar-refractivity contribution in [3.63, 3.8) is 0 Å². The highest BCUT2D eigenvalue weighted by Crippen LogP contribution is 2.29. The number of nitrogens with one attached hydrogen (secondary N) is 2. The fourth-order valence-corrected chi connectivity index (χ4v) is 2.87. The van der Waals surface area contributed by atoms with E-state index in [1.807, 2.05) is 29.8 Å². The number of rotatable bonds is 6. The van der Waals surface area contributed by atoms with Gasteiger partial charge in [0.05, 0.1) is 25.9 Å². The quantitative estimate of drug-likeness (QED) is 0.672. The third kappa shape index (κ3) is 4.65. The van der Waals surface area contributed by atoms with Gasteiger partial charge in [-0.25, -0.2) is 9.78 Å². The zero-order chi connectivity index (χ0) is 20.8. The summed E-state index contributed by atoms with van der Waals surface area (Å²) < 4.78 is 12.5. The van der Waals surface area contributed by atoms with Crippen molar-refractivity contribution in [3.05, 3.63) is 71.8 Å². The zero-order valence-corrected chi connectivity index (χ0v) is 16.3. The maximum atomic E-state index is 12.7. The number of amides is 2. The number of benzene rings is 2. The minimum Gasteiger partial charge on any atom is -0.497 e. The summed E-state index contributed by atoms with van der Waals surface area (Å²) in [7, 11) is 4.99. The number of methoxy groups -OCH3 is 2. The van der Waals surface area contributed by atoms with Gasteiger partial charge in [0.2, 0.25) is 0 Å². The second-order valence-corrected chi connectivity index (χ2v) is 6.26. The fraction of sp³-hybridized carbons (Fsp3) is 0.190. The van der Waals surface area contributed by atoms with Crippen molar-refractivity contribution in [2.24, 2.45) is 7.05 Å². The van der Waals surface area contributed by atoms with Gasteiger partial charge in [-0.3, -0.25) is 0 Å². The molecule has 0 saturated carbocycles. The molecule has 3 aromatic rings. The number of ether oxygens (including phenoxy) is 2. The molecule has 3 rings (SSSR count). The van der Waals surface area contributed by atoms with Crippen molar-refractivity contribution in [3.8, 4) is 17.6 Å². The second-order valence-electron chi connectivity index (χ2n) is 6.26. The maximum Gasteiger partial charge on any atom is 0.320 e. The van der Waals surface area contributed by atoms with Crippen LogP contribution in [0.3, 0.4) is 0 Å². The number of imidazole rings is 1. The van der Waals surface area contributed by atoms with E-state index in [-0.39, 0.29) is 0 Å². The van der Waals surface area contributed by atoms with Crippen LogP contribution >= 0.6 is 0 Å². The first kappa shape index (κ1) is 19.8. The maximum absolute atomic E-state index is 12.7. The molecule has 2 amide bonds. The largest absolute Gasteiger partial charge is 0.497 e. The molecular weight excluding hydrogens is 370 g/mol. The first-order chi connectivity index (χ1) is 14.0. The Balaban J connectivity index is 1.89. The SMILES string of the molecule is COc1cc(OC)cc(C(NC(=O)Nc2ccc(C#N)cc2)c2nccn2C)c1. The standard InChI is InChI=1S/C21H21N5O3/c1-26-9-8-23-20(26)19(15-10-17(28-2)12-18(11-15)29-3)25-21(27)24-16-6-4-14(13-22)5-7-16/h4-12,19H,1-3H3,(H2,24,25,27). The first-order valence-electron chi connectivity index (χ1n) is 8.82. The monoisotopic (exact) mass is 391 g/mol. The number of aromatic nitrogens is 2. The van der Waals surface area contributed by atoms with E-state index in [0.29, 0.717) is 28.6 Å². The van der Waals surface area contributed by atoms with Crippen LogP contribution in [0.1, 0.15) is 23.0 Å². The molecule has 1 aromatic heterocycles. The molecule has 0 saturated heterocycles. The van der Waals surface area contributed by atoms with Gasteiger partial charge in [-0.15, -0.1) is 0 Å². The molecule has 8 heteroatoms. The summed E-state index contributed by atoms with van der Waals surface area (Å²) in [6, 6.07) is 13.1. The van der Waals surface area contributed by atoms with Crippen LogP contribution in [0.25, 0.3) is 0 Å². The summed E-state index contributed by atoms with van der Waals surface area (Å²) in [6.45, 7) is 0. The van der Waals surface area contributed by atoms with Gasteiger partial charge in [-0.05, 0) is 42.0 Å². The van der Waals surface area contributed by atoms with E-state index >= 15 is 0 Å². The Hall–Kier alpha value is -3.99. The van der Waals surface area contributed by atoms with Gasteiger partial charge in [-0.1, -0.05) is 0 Å². The van der Waals surface area contributed by atoms with Crippen LogP contribution < -0.4 is 20.1 Å². The molecule has 29 heavy (non-hydrogen) atoms. The smallest absolute Gasteiger partial charge is 0.320 e. The Kier molecular flexibility index (Phi) is 6.00. The highest BCUT2D eigenvalue weighted by atomic mass is 16.5. The molecule has 2 aromatic carbocycles. The Morgan fingerprint density at radius 1 is 1.14 bits per heavy atom.